The first-order valence-electron chi connectivity index (χ1n) is 6.65. The van der Waals surface area contributed by atoms with Crippen molar-refractivity contribution in [1.29, 1.82) is 0 Å². The third-order valence-corrected chi connectivity index (χ3v) is 4.07. The Bertz CT molecular complexity index is 572. The number of rotatable bonds is 9. The smallest absolute Gasteiger partial charge is 0.289 e. The van der Waals surface area contributed by atoms with Gasteiger partial charge in [-0.05, 0) is 18.4 Å². The predicted octanol–water partition coefficient (Wildman–Crippen LogP) is 1.94. The van der Waals surface area contributed by atoms with Crippen molar-refractivity contribution in [2.24, 2.45) is 5.92 Å². The monoisotopic (exact) mass is 316 g/mol. The van der Waals surface area contributed by atoms with E-state index in [2.05, 4.69) is 4.72 Å². The van der Waals surface area contributed by atoms with Gasteiger partial charge in [-0.3, -0.25) is 10.1 Å². The van der Waals surface area contributed by atoms with Crippen molar-refractivity contribution in [1.82, 2.24) is 4.72 Å². The minimum absolute atomic E-state index is 0.173. The Labute approximate surface area is 124 Å². The predicted molar refractivity (Wildman–Crippen MR) is 78.6 cm³/mol. The lowest BCUT2D eigenvalue weighted by Crippen LogP contribution is -2.26. The number of hydrogen-bond acceptors (Lipinski definition) is 5. The van der Waals surface area contributed by atoms with E-state index in [0.29, 0.717) is 25.6 Å². The molecule has 118 valence electrons. The van der Waals surface area contributed by atoms with Gasteiger partial charge in [-0.1, -0.05) is 26.0 Å². The lowest BCUT2D eigenvalue weighted by Gasteiger charge is -2.08. The van der Waals surface area contributed by atoms with E-state index in [4.69, 9.17) is 4.74 Å². The molecule has 0 spiro atoms. The molecule has 0 saturated carbocycles. The van der Waals surface area contributed by atoms with Crippen molar-refractivity contribution >= 4 is 15.7 Å². The maximum absolute atomic E-state index is 12.0. The van der Waals surface area contributed by atoms with E-state index in [1.54, 1.807) is 0 Å². The van der Waals surface area contributed by atoms with Crippen LogP contribution in [0.4, 0.5) is 5.69 Å². The number of benzene rings is 1. The first kappa shape index (κ1) is 17.5. The van der Waals surface area contributed by atoms with Crippen LogP contribution in [0.1, 0.15) is 20.3 Å². The molecule has 0 saturated heterocycles. The van der Waals surface area contributed by atoms with Gasteiger partial charge in [0.05, 0.1) is 4.92 Å². The molecule has 0 unspecified atom stereocenters. The molecule has 0 radical (unpaired) electrons. The Morgan fingerprint density at radius 3 is 2.62 bits per heavy atom. The van der Waals surface area contributed by atoms with E-state index in [-0.39, 0.29) is 11.4 Å². The van der Waals surface area contributed by atoms with Crippen LogP contribution in [0.25, 0.3) is 0 Å². The third kappa shape index (κ3) is 5.78. The van der Waals surface area contributed by atoms with Gasteiger partial charge in [0.2, 0.25) is 10.0 Å². The molecular weight excluding hydrogens is 296 g/mol. The van der Waals surface area contributed by atoms with E-state index >= 15 is 0 Å². The summed E-state index contributed by atoms with van der Waals surface area (Å²) in [5, 5.41) is 10.8. The van der Waals surface area contributed by atoms with Gasteiger partial charge in [0, 0.05) is 25.8 Å². The van der Waals surface area contributed by atoms with Gasteiger partial charge in [0.15, 0.2) is 4.90 Å². The summed E-state index contributed by atoms with van der Waals surface area (Å²) in [6, 6.07) is 5.26. The van der Waals surface area contributed by atoms with Gasteiger partial charge >= 0.3 is 0 Å². The van der Waals surface area contributed by atoms with Crippen LogP contribution in [0.5, 0.6) is 0 Å². The number of nitrogens with zero attached hydrogens (tertiary/aromatic N) is 1. The Morgan fingerprint density at radius 2 is 2.00 bits per heavy atom. The highest BCUT2D eigenvalue weighted by molar-refractivity contribution is 7.89. The molecule has 1 rings (SSSR count). The van der Waals surface area contributed by atoms with Gasteiger partial charge in [0.25, 0.3) is 5.69 Å². The Morgan fingerprint density at radius 1 is 1.33 bits per heavy atom. The molecule has 8 heteroatoms. The molecule has 0 fully saturated rings. The maximum Gasteiger partial charge on any atom is 0.289 e. The van der Waals surface area contributed by atoms with Crippen molar-refractivity contribution in [2.75, 3.05) is 19.8 Å². The van der Waals surface area contributed by atoms with Crippen LogP contribution in [0, 0.1) is 16.0 Å². The summed E-state index contributed by atoms with van der Waals surface area (Å²) in [7, 11) is -3.89. The van der Waals surface area contributed by atoms with Gasteiger partial charge in [-0.15, -0.1) is 0 Å². The SMILES string of the molecule is CC(C)COCCCNS(=O)(=O)c1ccccc1[N+](=O)[O-]. The quantitative estimate of drug-likeness (QED) is 0.426. The fourth-order valence-electron chi connectivity index (χ4n) is 1.61. The van der Waals surface area contributed by atoms with Crippen molar-refractivity contribution < 1.29 is 18.1 Å². The fourth-order valence-corrected chi connectivity index (χ4v) is 2.86. The van der Waals surface area contributed by atoms with Crippen LogP contribution >= 0.6 is 0 Å². The summed E-state index contributed by atoms with van der Waals surface area (Å²) in [6.07, 6.45) is 0.507. The van der Waals surface area contributed by atoms with Crippen molar-refractivity contribution in [3.63, 3.8) is 0 Å². The third-order valence-electron chi connectivity index (χ3n) is 2.56. The zero-order valence-electron chi connectivity index (χ0n) is 12.1. The van der Waals surface area contributed by atoms with Gasteiger partial charge in [0.1, 0.15) is 0 Å². The molecule has 1 aromatic carbocycles. The second-order valence-corrected chi connectivity index (χ2v) is 6.68. The number of nitrogens with one attached hydrogen (secondary N) is 1. The van der Waals surface area contributed by atoms with E-state index in [0.717, 1.165) is 0 Å². The molecule has 7 nitrogen and oxygen atoms in total. The Balaban J connectivity index is 2.57. The van der Waals surface area contributed by atoms with E-state index in [1.807, 2.05) is 13.8 Å². The van der Waals surface area contributed by atoms with Crippen LogP contribution in [-0.2, 0) is 14.8 Å². The Hall–Kier alpha value is -1.51. The van der Waals surface area contributed by atoms with Crippen LogP contribution in [0.3, 0.4) is 0 Å². The zero-order chi connectivity index (χ0) is 15.9. The van der Waals surface area contributed by atoms with Crippen molar-refractivity contribution in [3.8, 4) is 0 Å². The molecule has 0 heterocycles. The topological polar surface area (TPSA) is 98.5 Å². The first-order chi connectivity index (χ1) is 9.84. The highest BCUT2D eigenvalue weighted by Gasteiger charge is 2.24. The molecule has 0 atom stereocenters. The fraction of sp³-hybridized carbons (Fsp3) is 0.538. The molecular formula is C13H20N2O5S. The van der Waals surface area contributed by atoms with Gasteiger partial charge in [-0.25, -0.2) is 13.1 Å². The van der Waals surface area contributed by atoms with Crippen LogP contribution in [-0.4, -0.2) is 33.1 Å². The minimum atomic E-state index is -3.89. The number of ether oxygens (including phenoxy) is 1. The number of hydrogen-bond donors (Lipinski definition) is 1. The number of para-hydroxylation sites is 1. The van der Waals surface area contributed by atoms with E-state index in [1.165, 1.54) is 24.3 Å². The molecule has 1 aromatic rings. The van der Waals surface area contributed by atoms with E-state index < -0.39 is 20.6 Å². The molecule has 21 heavy (non-hydrogen) atoms. The second-order valence-electron chi connectivity index (χ2n) is 4.94. The van der Waals surface area contributed by atoms with Crippen molar-refractivity contribution in [3.05, 3.63) is 34.4 Å². The first-order valence-corrected chi connectivity index (χ1v) is 8.13. The van der Waals surface area contributed by atoms with Crippen LogP contribution < -0.4 is 4.72 Å². The summed E-state index contributed by atoms with van der Waals surface area (Å²) in [5.41, 5.74) is -0.430. The summed E-state index contributed by atoms with van der Waals surface area (Å²) in [4.78, 5) is 9.81. The lowest BCUT2D eigenvalue weighted by molar-refractivity contribution is -0.387. The molecule has 1 N–H and O–H groups in total. The Kier molecular flexibility index (Phi) is 6.73. The molecule has 0 aliphatic heterocycles. The average molecular weight is 316 g/mol. The second kappa shape index (κ2) is 8.06. The molecule has 0 aliphatic carbocycles. The average Bonchev–Trinajstić information content (AvgIpc) is 2.42. The summed E-state index contributed by atoms with van der Waals surface area (Å²) < 4.78 is 31.8. The van der Waals surface area contributed by atoms with Crippen LogP contribution in [0.15, 0.2) is 29.2 Å². The number of nitro groups is 1. The highest BCUT2D eigenvalue weighted by atomic mass is 32.2. The summed E-state index contributed by atoms with van der Waals surface area (Å²) in [5.74, 6) is 0.425. The summed E-state index contributed by atoms with van der Waals surface area (Å²) >= 11 is 0. The molecule has 0 bridgehead atoms. The van der Waals surface area contributed by atoms with Gasteiger partial charge < -0.3 is 4.74 Å². The van der Waals surface area contributed by atoms with Crippen LogP contribution in [0.2, 0.25) is 0 Å². The minimum Gasteiger partial charge on any atom is -0.381 e. The highest BCUT2D eigenvalue weighted by Crippen LogP contribution is 2.22. The lowest BCUT2D eigenvalue weighted by atomic mass is 10.2. The largest absolute Gasteiger partial charge is 0.381 e. The maximum atomic E-state index is 12.0. The number of sulfonamides is 1. The van der Waals surface area contributed by atoms with E-state index in [9.17, 15) is 18.5 Å². The normalized spacial score (nSPS) is 11.8. The van der Waals surface area contributed by atoms with Gasteiger partial charge in [-0.2, -0.15) is 0 Å². The molecule has 0 amide bonds. The molecule has 0 aromatic heterocycles. The molecule has 0 aliphatic rings. The standard InChI is InChI=1S/C13H20N2O5S/c1-11(2)10-20-9-5-8-14-21(18,19)13-7-4-3-6-12(13)15(16)17/h3-4,6-7,11,14H,5,8-10H2,1-2H3. The summed E-state index contributed by atoms with van der Waals surface area (Å²) in [6.45, 7) is 5.29. The zero-order valence-corrected chi connectivity index (χ0v) is 12.9. The number of nitro benzene ring substituents is 1. The van der Waals surface area contributed by atoms with Crippen molar-refractivity contribution in [2.45, 2.75) is 25.2 Å².